The van der Waals surface area contributed by atoms with E-state index in [9.17, 15) is 4.79 Å². The predicted octanol–water partition coefficient (Wildman–Crippen LogP) is 2.08. The van der Waals surface area contributed by atoms with E-state index in [1.807, 2.05) is 31.2 Å². The number of para-hydroxylation sites is 1. The molecule has 94 valence electrons. The number of carbonyl (C=O) groups is 1. The van der Waals surface area contributed by atoms with Crippen LogP contribution in [0.4, 0.5) is 0 Å². The Bertz CT molecular complexity index is 476. The zero-order valence-corrected chi connectivity index (χ0v) is 10.5. The highest BCUT2D eigenvalue weighted by Gasteiger charge is 2.30. The van der Waals surface area contributed by atoms with E-state index in [4.69, 9.17) is 11.2 Å². The Kier molecular flexibility index (Phi) is 3.88. The molecule has 0 saturated heterocycles. The summed E-state index contributed by atoms with van der Waals surface area (Å²) in [5, 5.41) is 2.99. The maximum Gasteiger partial charge on any atom is 0.231 e. The summed E-state index contributed by atoms with van der Waals surface area (Å²) in [4.78, 5) is 12.2. The van der Waals surface area contributed by atoms with Crippen LogP contribution in [0, 0.1) is 12.3 Å². The molecule has 3 heteroatoms. The van der Waals surface area contributed by atoms with Gasteiger partial charge >= 0.3 is 0 Å². The summed E-state index contributed by atoms with van der Waals surface area (Å²) in [6.45, 7) is 2.43. The molecule has 0 aliphatic carbocycles. The van der Waals surface area contributed by atoms with Crippen LogP contribution in [0.1, 0.15) is 31.2 Å². The van der Waals surface area contributed by atoms with Gasteiger partial charge in [0, 0.05) is 18.0 Å². The lowest BCUT2D eigenvalue weighted by atomic mass is 9.99. The van der Waals surface area contributed by atoms with Crippen LogP contribution in [0.3, 0.4) is 0 Å². The number of amides is 1. The largest absolute Gasteiger partial charge is 0.492 e. The molecule has 1 aromatic carbocycles. The monoisotopic (exact) mass is 243 g/mol. The molecule has 0 bridgehead atoms. The Morgan fingerprint density at radius 2 is 2.39 bits per heavy atom. The van der Waals surface area contributed by atoms with Crippen LogP contribution in [-0.2, 0) is 4.79 Å². The molecular formula is C15H17NO2. The average molecular weight is 243 g/mol. The number of carbonyl (C=O) groups excluding carboxylic acids is 1. The molecule has 1 amide bonds. The summed E-state index contributed by atoms with van der Waals surface area (Å²) in [5.41, 5.74) is 0.963. The molecule has 0 radical (unpaired) electrons. The van der Waals surface area contributed by atoms with E-state index in [0.717, 1.165) is 17.7 Å². The number of hydrogen-bond acceptors (Lipinski definition) is 2. The normalized spacial score (nSPS) is 18.3. The van der Waals surface area contributed by atoms with Crippen molar-refractivity contribution < 1.29 is 9.53 Å². The van der Waals surface area contributed by atoms with Gasteiger partial charge in [-0.3, -0.25) is 4.79 Å². The Labute approximate surface area is 108 Å². The molecule has 1 heterocycles. The lowest BCUT2D eigenvalue weighted by Gasteiger charge is -2.17. The van der Waals surface area contributed by atoms with E-state index < -0.39 is 0 Å². The van der Waals surface area contributed by atoms with Gasteiger partial charge in [0.1, 0.15) is 18.3 Å². The van der Waals surface area contributed by atoms with Gasteiger partial charge in [-0.2, -0.15) is 0 Å². The molecule has 2 atom stereocenters. The van der Waals surface area contributed by atoms with Crippen LogP contribution in [0.2, 0.25) is 0 Å². The van der Waals surface area contributed by atoms with Crippen molar-refractivity contribution in [1.29, 1.82) is 0 Å². The van der Waals surface area contributed by atoms with Gasteiger partial charge in [0.15, 0.2) is 0 Å². The summed E-state index contributed by atoms with van der Waals surface area (Å²) in [6.07, 6.45) is 6.69. The van der Waals surface area contributed by atoms with E-state index in [0.29, 0.717) is 13.0 Å². The first kappa shape index (κ1) is 12.5. The van der Waals surface area contributed by atoms with Crippen molar-refractivity contribution in [3.05, 3.63) is 29.8 Å². The molecule has 2 unspecified atom stereocenters. The number of hydrogen-bond donors (Lipinski definition) is 1. The lowest BCUT2D eigenvalue weighted by molar-refractivity contribution is -0.123. The molecule has 0 fully saturated rings. The van der Waals surface area contributed by atoms with Crippen molar-refractivity contribution in [3.8, 4) is 18.1 Å². The van der Waals surface area contributed by atoms with Crippen molar-refractivity contribution in [2.75, 3.05) is 6.61 Å². The molecule has 3 nitrogen and oxygen atoms in total. The fourth-order valence-corrected chi connectivity index (χ4v) is 2.12. The van der Waals surface area contributed by atoms with E-state index >= 15 is 0 Å². The van der Waals surface area contributed by atoms with E-state index in [1.165, 1.54) is 0 Å². The van der Waals surface area contributed by atoms with Crippen molar-refractivity contribution >= 4 is 5.91 Å². The van der Waals surface area contributed by atoms with Crippen molar-refractivity contribution in [2.24, 2.45) is 0 Å². The maximum absolute atomic E-state index is 12.2. The maximum atomic E-state index is 12.2. The Morgan fingerprint density at radius 1 is 1.61 bits per heavy atom. The number of nitrogens with one attached hydrogen (secondary N) is 1. The second kappa shape index (κ2) is 5.59. The molecule has 1 aliphatic rings. The zero-order valence-electron chi connectivity index (χ0n) is 10.5. The Morgan fingerprint density at radius 3 is 3.11 bits per heavy atom. The molecule has 2 rings (SSSR count). The van der Waals surface area contributed by atoms with Crippen LogP contribution in [0.25, 0.3) is 0 Å². The fourth-order valence-electron chi connectivity index (χ4n) is 2.12. The van der Waals surface area contributed by atoms with Crippen molar-refractivity contribution in [3.63, 3.8) is 0 Å². The minimum atomic E-state index is -0.215. The van der Waals surface area contributed by atoms with Gasteiger partial charge in [0.25, 0.3) is 0 Å². The minimum Gasteiger partial charge on any atom is -0.492 e. The van der Waals surface area contributed by atoms with Crippen molar-refractivity contribution in [1.82, 2.24) is 5.32 Å². The quantitative estimate of drug-likeness (QED) is 0.822. The fraction of sp³-hybridized carbons (Fsp3) is 0.400. The molecule has 1 aromatic rings. The van der Waals surface area contributed by atoms with E-state index in [-0.39, 0.29) is 17.9 Å². The average Bonchev–Trinajstić information content (AvgIpc) is 2.82. The van der Waals surface area contributed by atoms with Gasteiger partial charge in [-0.15, -0.1) is 12.3 Å². The Hall–Kier alpha value is -1.95. The Balaban J connectivity index is 2.05. The third kappa shape index (κ3) is 2.48. The molecular weight excluding hydrogens is 226 g/mol. The molecule has 0 spiro atoms. The number of benzene rings is 1. The molecule has 1 aliphatic heterocycles. The number of ether oxygens (including phenoxy) is 1. The molecule has 1 N–H and O–H groups in total. The smallest absolute Gasteiger partial charge is 0.231 e. The summed E-state index contributed by atoms with van der Waals surface area (Å²) < 4.78 is 5.51. The van der Waals surface area contributed by atoms with Gasteiger partial charge in [0.2, 0.25) is 5.91 Å². The third-order valence-corrected chi connectivity index (χ3v) is 3.22. The first-order valence-corrected chi connectivity index (χ1v) is 6.21. The summed E-state index contributed by atoms with van der Waals surface area (Å²) in [7, 11) is 0. The van der Waals surface area contributed by atoms with Gasteiger partial charge in [-0.25, -0.2) is 0 Å². The third-order valence-electron chi connectivity index (χ3n) is 3.22. The van der Waals surface area contributed by atoms with Crippen LogP contribution in [0.5, 0.6) is 5.75 Å². The summed E-state index contributed by atoms with van der Waals surface area (Å²) in [5.74, 6) is 3.18. The lowest BCUT2D eigenvalue weighted by Crippen LogP contribution is -2.38. The summed E-state index contributed by atoms with van der Waals surface area (Å²) >= 11 is 0. The highest BCUT2D eigenvalue weighted by atomic mass is 16.5. The zero-order chi connectivity index (χ0) is 13.0. The second-order valence-corrected chi connectivity index (χ2v) is 4.42. The highest BCUT2D eigenvalue weighted by molar-refractivity contribution is 5.85. The van der Waals surface area contributed by atoms with Crippen LogP contribution in [0.15, 0.2) is 24.3 Å². The SMILES string of the molecule is C#CCC(CC)NC(=O)C1COc2ccccc21. The van der Waals surface area contributed by atoms with E-state index in [1.54, 1.807) is 0 Å². The number of terminal acetylenes is 1. The van der Waals surface area contributed by atoms with Crippen LogP contribution < -0.4 is 10.1 Å². The topological polar surface area (TPSA) is 38.3 Å². The minimum absolute atomic E-state index is 0.00190. The van der Waals surface area contributed by atoms with Crippen molar-refractivity contribution in [2.45, 2.75) is 31.7 Å². The van der Waals surface area contributed by atoms with Gasteiger partial charge in [0.05, 0.1) is 0 Å². The standard InChI is InChI=1S/C15H17NO2/c1-3-7-11(4-2)16-15(17)13-10-18-14-9-6-5-8-12(13)14/h1,5-6,8-9,11,13H,4,7,10H2,2H3,(H,16,17). The second-order valence-electron chi connectivity index (χ2n) is 4.42. The number of fused-ring (bicyclic) bond motifs is 1. The van der Waals surface area contributed by atoms with Gasteiger partial charge < -0.3 is 10.1 Å². The molecule has 18 heavy (non-hydrogen) atoms. The predicted molar refractivity (Wildman–Crippen MR) is 70.3 cm³/mol. The highest BCUT2D eigenvalue weighted by Crippen LogP contribution is 2.33. The number of rotatable bonds is 4. The van der Waals surface area contributed by atoms with Crippen LogP contribution in [-0.4, -0.2) is 18.6 Å². The van der Waals surface area contributed by atoms with Crippen LogP contribution >= 0.6 is 0 Å². The first-order valence-electron chi connectivity index (χ1n) is 6.21. The van der Waals surface area contributed by atoms with E-state index in [2.05, 4.69) is 11.2 Å². The molecule has 0 aromatic heterocycles. The summed E-state index contributed by atoms with van der Waals surface area (Å²) in [6, 6.07) is 7.71. The van der Waals surface area contributed by atoms with Gasteiger partial charge in [-0.1, -0.05) is 25.1 Å². The van der Waals surface area contributed by atoms with Gasteiger partial charge in [-0.05, 0) is 12.5 Å². The molecule has 0 saturated carbocycles. The first-order chi connectivity index (χ1) is 8.76.